The van der Waals surface area contributed by atoms with Crippen LogP contribution in [0.15, 0.2) is 60.7 Å². The van der Waals surface area contributed by atoms with Crippen molar-refractivity contribution in [2.24, 2.45) is 0 Å². The first-order valence-electron chi connectivity index (χ1n) is 9.92. The van der Waals surface area contributed by atoms with Crippen LogP contribution in [0.25, 0.3) is 0 Å². The third kappa shape index (κ3) is 4.10. The molecule has 0 saturated heterocycles. The monoisotopic (exact) mass is 404 g/mol. The van der Waals surface area contributed by atoms with Crippen molar-refractivity contribution >= 4 is 28.2 Å². The highest BCUT2D eigenvalue weighted by Gasteiger charge is 2.26. The standard InChI is InChI=1S/C24H23NO3S/c26-22(20(16-10-4-1-5-11-16)17-12-6-2-7-13-17)25-23-21(24(27)28)18-14-8-3-9-15-19(18)29-23/h1-2,4-7,10-13,20H,3,8-9,14-15H2,(H,25,26)(H,27,28)/p-1. The number of aromatic carboxylic acids is 1. The van der Waals surface area contributed by atoms with Gasteiger partial charge < -0.3 is 15.2 Å². The lowest BCUT2D eigenvalue weighted by Crippen LogP contribution is -2.27. The largest absolute Gasteiger partial charge is 0.545 e. The molecule has 0 spiro atoms. The molecule has 1 aliphatic carbocycles. The third-order valence-corrected chi connectivity index (χ3v) is 6.60. The molecule has 4 rings (SSSR count). The van der Waals surface area contributed by atoms with E-state index in [2.05, 4.69) is 5.32 Å². The van der Waals surface area contributed by atoms with Crippen LogP contribution in [0.5, 0.6) is 0 Å². The van der Waals surface area contributed by atoms with Gasteiger partial charge in [0.2, 0.25) is 5.91 Å². The van der Waals surface area contributed by atoms with Crippen LogP contribution in [0.4, 0.5) is 5.00 Å². The molecule has 148 valence electrons. The molecule has 1 aliphatic rings. The smallest absolute Gasteiger partial charge is 0.237 e. The van der Waals surface area contributed by atoms with Crippen molar-refractivity contribution in [1.29, 1.82) is 0 Å². The van der Waals surface area contributed by atoms with Gasteiger partial charge in [-0.1, -0.05) is 67.1 Å². The van der Waals surface area contributed by atoms with E-state index >= 15 is 0 Å². The molecule has 0 aliphatic heterocycles. The molecule has 4 nitrogen and oxygen atoms in total. The van der Waals surface area contributed by atoms with Crippen molar-refractivity contribution < 1.29 is 14.7 Å². The van der Waals surface area contributed by atoms with Gasteiger partial charge in [-0.15, -0.1) is 11.3 Å². The molecular weight excluding hydrogens is 382 g/mol. The van der Waals surface area contributed by atoms with Crippen LogP contribution in [0.1, 0.15) is 57.1 Å². The molecule has 1 N–H and O–H groups in total. The van der Waals surface area contributed by atoms with Gasteiger partial charge in [0.1, 0.15) is 5.00 Å². The summed E-state index contributed by atoms with van der Waals surface area (Å²) in [7, 11) is 0. The average Bonchev–Trinajstić information content (AvgIpc) is 2.90. The van der Waals surface area contributed by atoms with Gasteiger partial charge in [-0.05, 0) is 42.4 Å². The van der Waals surface area contributed by atoms with Gasteiger partial charge in [-0.3, -0.25) is 4.79 Å². The predicted octanol–water partition coefficient (Wildman–Crippen LogP) is 4.15. The molecule has 5 heteroatoms. The van der Waals surface area contributed by atoms with Crippen LogP contribution in [0, 0.1) is 0 Å². The van der Waals surface area contributed by atoms with Crippen LogP contribution in [0.2, 0.25) is 0 Å². The summed E-state index contributed by atoms with van der Waals surface area (Å²) in [5.74, 6) is -1.97. The second-order valence-electron chi connectivity index (χ2n) is 7.30. The van der Waals surface area contributed by atoms with Crippen LogP contribution >= 0.6 is 11.3 Å². The highest BCUT2D eigenvalue weighted by atomic mass is 32.1. The van der Waals surface area contributed by atoms with Gasteiger partial charge in [0.15, 0.2) is 0 Å². The van der Waals surface area contributed by atoms with Crippen molar-refractivity contribution in [3.05, 3.63) is 87.8 Å². The Balaban J connectivity index is 1.71. The number of fused-ring (bicyclic) bond motifs is 1. The van der Waals surface area contributed by atoms with E-state index in [9.17, 15) is 14.7 Å². The van der Waals surface area contributed by atoms with E-state index in [4.69, 9.17) is 0 Å². The summed E-state index contributed by atoms with van der Waals surface area (Å²) in [5, 5.41) is 15.2. The Morgan fingerprint density at radius 3 is 2.03 bits per heavy atom. The molecule has 1 aromatic heterocycles. The average molecular weight is 405 g/mol. The fourth-order valence-corrected chi connectivity index (χ4v) is 5.30. The highest BCUT2D eigenvalue weighted by molar-refractivity contribution is 7.17. The fourth-order valence-electron chi connectivity index (χ4n) is 4.02. The summed E-state index contributed by atoms with van der Waals surface area (Å²) in [6.07, 6.45) is 4.69. The maximum absolute atomic E-state index is 13.4. The Labute approximate surface area is 174 Å². The maximum atomic E-state index is 13.4. The number of hydrogen-bond donors (Lipinski definition) is 1. The number of carboxylic acids is 1. The molecule has 29 heavy (non-hydrogen) atoms. The molecule has 0 saturated carbocycles. The Bertz CT molecular complexity index is 972. The summed E-state index contributed by atoms with van der Waals surface area (Å²) in [5.41, 5.74) is 2.74. The molecule has 2 aromatic carbocycles. The summed E-state index contributed by atoms with van der Waals surface area (Å²) in [6.45, 7) is 0. The molecular formula is C24H22NO3S-. The molecule has 0 radical (unpaired) electrons. The first-order valence-corrected chi connectivity index (χ1v) is 10.7. The minimum atomic E-state index is -1.21. The van der Waals surface area contributed by atoms with E-state index in [1.165, 1.54) is 11.3 Å². The number of thiophene rings is 1. The number of amides is 1. The molecule has 0 atom stereocenters. The van der Waals surface area contributed by atoms with Gasteiger partial charge in [0, 0.05) is 10.4 Å². The van der Waals surface area contributed by atoms with E-state index in [0.717, 1.165) is 53.7 Å². The van der Waals surface area contributed by atoms with Crippen LogP contribution in [0.3, 0.4) is 0 Å². The Hall–Kier alpha value is -2.92. The molecule has 3 aromatic rings. The van der Waals surface area contributed by atoms with Gasteiger partial charge in [0.25, 0.3) is 0 Å². The number of anilines is 1. The summed E-state index contributed by atoms with van der Waals surface area (Å²) in [4.78, 5) is 26.3. The topological polar surface area (TPSA) is 69.2 Å². The lowest BCUT2D eigenvalue weighted by atomic mass is 9.90. The van der Waals surface area contributed by atoms with Crippen molar-refractivity contribution in [3.63, 3.8) is 0 Å². The van der Waals surface area contributed by atoms with Gasteiger partial charge >= 0.3 is 0 Å². The number of benzene rings is 2. The number of carboxylic acid groups (broad SMARTS) is 1. The Morgan fingerprint density at radius 1 is 0.862 bits per heavy atom. The maximum Gasteiger partial charge on any atom is 0.237 e. The van der Waals surface area contributed by atoms with Crippen molar-refractivity contribution in [1.82, 2.24) is 0 Å². The van der Waals surface area contributed by atoms with Crippen LogP contribution in [-0.2, 0) is 17.6 Å². The lowest BCUT2D eigenvalue weighted by molar-refractivity contribution is -0.254. The minimum absolute atomic E-state index is 0.167. The SMILES string of the molecule is O=C([O-])c1c(NC(=O)C(c2ccccc2)c2ccccc2)sc2c1CCCCC2. The summed E-state index contributed by atoms with van der Waals surface area (Å²) >= 11 is 1.39. The molecule has 0 bridgehead atoms. The zero-order valence-electron chi connectivity index (χ0n) is 16.0. The number of carbonyl (C=O) groups is 2. The zero-order valence-corrected chi connectivity index (χ0v) is 16.8. The van der Waals surface area contributed by atoms with E-state index in [1.807, 2.05) is 60.7 Å². The van der Waals surface area contributed by atoms with E-state index in [-0.39, 0.29) is 11.5 Å². The van der Waals surface area contributed by atoms with Crippen LogP contribution < -0.4 is 10.4 Å². The summed E-state index contributed by atoms with van der Waals surface area (Å²) in [6, 6.07) is 19.1. The third-order valence-electron chi connectivity index (χ3n) is 5.39. The molecule has 1 heterocycles. The van der Waals surface area contributed by atoms with Crippen LogP contribution in [-0.4, -0.2) is 11.9 Å². The number of carbonyl (C=O) groups excluding carboxylic acids is 2. The van der Waals surface area contributed by atoms with Crippen molar-refractivity contribution in [2.45, 2.75) is 38.0 Å². The van der Waals surface area contributed by atoms with E-state index in [1.54, 1.807) is 0 Å². The van der Waals surface area contributed by atoms with Gasteiger partial charge in [0.05, 0.1) is 11.9 Å². The fraction of sp³-hybridized carbons (Fsp3) is 0.250. The molecule has 1 amide bonds. The van der Waals surface area contributed by atoms with Crippen molar-refractivity contribution in [2.75, 3.05) is 5.32 Å². The van der Waals surface area contributed by atoms with Gasteiger partial charge in [-0.2, -0.15) is 0 Å². The normalized spacial score (nSPS) is 13.6. The Kier molecular flexibility index (Phi) is 5.76. The summed E-state index contributed by atoms with van der Waals surface area (Å²) < 4.78 is 0. The number of nitrogens with one attached hydrogen (secondary N) is 1. The molecule has 0 unspecified atom stereocenters. The van der Waals surface area contributed by atoms with E-state index < -0.39 is 11.9 Å². The second kappa shape index (κ2) is 8.62. The lowest BCUT2D eigenvalue weighted by Gasteiger charge is -2.18. The van der Waals surface area contributed by atoms with E-state index in [0.29, 0.717) is 5.00 Å². The first kappa shape index (κ1) is 19.4. The first-order chi connectivity index (χ1) is 14.1. The van der Waals surface area contributed by atoms with Gasteiger partial charge in [-0.25, -0.2) is 0 Å². The second-order valence-corrected chi connectivity index (χ2v) is 8.40. The zero-order chi connectivity index (χ0) is 20.2. The quantitative estimate of drug-likeness (QED) is 0.650. The Morgan fingerprint density at radius 2 is 1.45 bits per heavy atom. The van der Waals surface area contributed by atoms with Crippen molar-refractivity contribution in [3.8, 4) is 0 Å². The predicted molar refractivity (Wildman–Crippen MR) is 113 cm³/mol. The number of rotatable bonds is 5. The number of hydrogen-bond acceptors (Lipinski definition) is 4. The molecule has 0 fully saturated rings. The highest BCUT2D eigenvalue weighted by Crippen LogP contribution is 2.38. The number of aryl methyl sites for hydroxylation is 1. The minimum Gasteiger partial charge on any atom is -0.545 e.